The van der Waals surface area contributed by atoms with Crippen LogP contribution >= 0.6 is 11.6 Å². The van der Waals surface area contributed by atoms with E-state index in [1.165, 1.54) is 0 Å². The molecule has 2 rings (SSSR count). The van der Waals surface area contributed by atoms with Crippen LogP contribution in [0.4, 0.5) is 11.4 Å². The van der Waals surface area contributed by atoms with Gasteiger partial charge in [-0.2, -0.15) is 4.36 Å². The largest absolute Gasteiger partial charge is 0.366 e. The molecule has 0 fully saturated rings. The van der Waals surface area contributed by atoms with E-state index in [-0.39, 0.29) is 5.92 Å². The molecule has 0 saturated carbocycles. The second kappa shape index (κ2) is 9.38. The smallest absolute Gasteiger partial charge is 0.0910 e. The van der Waals surface area contributed by atoms with Crippen molar-refractivity contribution in [3.8, 4) is 0 Å². The van der Waals surface area contributed by atoms with Gasteiger partial charge in [-0.25, -0.2) is 9.20 Å². The Labute approximate surface area is 168 Å². The molecular weight excluding hydrogens is 378 g/mol. The van der Waals surface area contributed by atoms with Gasteiger partial charge >= 0.3 is 0 Å². The Morgan fingerprint density at radius 3 is 2.48 bits per heavy atom. The monoisotopic (exact) mass is 405 g/mol. The Morgan fingerprint density at radius 1 is 1.22 bits per heavy atom. The van der Waals surface area contributed by atoms with E-state index in [0.717, 1.165) is 12.1 Å². The van der Waals surface area contributed by atoms with Gasteiger partial charge in [-0.05, 0) is 49.6 Å². The third-order valence-electron chi connectivity index (χ3n) is 4.05. The molecule has 0 aliphatic rings. The van der Waals surface area contributed by atoms with Gasteiger partial charge in [0.2, 0.25) is 0 Å². The fourth-order valence-corrected chi connectivity index (χ4v) is 5.48. The minimum atomic E-state index is -2.65. The second-order valence-corrected chi connectivity index (χ2v) is 9.66. The van der Waals surface area contributed by atoms with E-state index < -0.39 is 9.73 Å². The zero-order valence-electron chi connectivity index (χ0n) is 16.6. The normalized spacial score (nSPS) is 13.7. The van der Waals surface area contributed by atoms with E-state index in [4.69, 9.17) is 11.6 Å². The number of hydrogen-bond acceptors (Lipinski definition) is 3. The number of nitrogens with zero attached hydrogens (tertiary/aromatic N) is 3. The number of halogens is 1. The van der Waals surface area contributed by atoms with Crippen molar-refractivity contribution < 1.29 is 4.21 Å². The highest BCUT2D eigenvalue weighted by Gasteiger charge is 2.19. The standard InChI is InChI=1S/C21H28ClN3OS/c1-6-25(5)15-23-20-12-17(4)21(13-19(20)22)27(26,14-16(2)3)24-18-10-8-7-9-11-18/h7-13,15-16H,6,14H2,1-5H3. The topological polar surface area (TPSA) is 45.0 Å². The third kappa shape index (κ3) is 5.81. The molecule has 0 aliphatic heterocycles. The van der Waals surface area contributed by atoms with Crippen molar-refractivity contribution in [1.82, 2.24) is 4.90 Å². The summed E-state index contributed by atoms with van der Waals surface area (Å²) in [4.78, 5) is 7.10. The molecular formula is C21H28ClN3OS. The zero-order valence-corrected chi connectivity index (χ0v) is 18.2. The van der Waals surface area contributed by atoms with Crippen LogP contribution in [-0.2, 0) is 9.73 Å². The van der Waals surface area contributed by atoms with E-state index in [1.54, 1.807) is 12.4 Å². The molecule has 0 N–H and O–H groups in total. The van der Waals surface area contributed by atoms with Crippen LogP contribution in [-0.4, -0.2) is 34.8 Å². The van der Waals surface area contributed by atoms with Crippen molar-refractivity contribution in [3.05, 3.63) is 53.1 Å². The predicted octanol–water partition coefficient (Wildman–Crippen LogP) is 6.07. The summed E-state index contributed by atoms with van der Waals surface area (Å²) >= 11 is 6.47. The Balaban J connectivity index is 2.57. The molecule has 0 heterocycles. The van der Waals surface area contributed by atoms with Crippen LogP contribution in [0.3, 0.4) is 0 Å². The van der Waals surface area contributed by atoms with Gasteiger partial charge < -0.3 is 4.90 Å². The van der Waals surface area contributed by atoms with E-state index in [2.05, 4.69) is 23.2 Å². The van der Waals surface area contributed by atoms with Crippen LogP contribution in [0.5, 0.6) is 0 Å². The first-order valence-electron chi connectivity index (χ1n) is 9.09. The molecule has 27 heavy (non-hydrogen) atoms. The van der Waals surface area contributed by atoms with Crippen molar-refractivity contribution in [2.75, 3.05) is 19.3 Å². The lowest BCUT2D eigenvalue weighted by Gasteiger charge is -2.17. The first-order valence-corrected chi connectivity index (χ1v) is 11.2. The second-order valence-electron chi connectivity index (χ2n) is 7.01. The molecule has 1 atom stereocenters. The van der Waals surface area contributed by atoms with Gasteiger partial charge in [0.1, 0.15) is 0 Å². The first-order chi connectivity index (χ1) is 12.7. The average molecular weight is 406 g/mol. The molecule has 0 aliphatic carbocycles. The highest BCUT2D eigenvalue weighted by molar-refractivity contribution is 7.93. The van der Waals surface area contributed by atoms with Gasteiger partial charge in [-0.3, -0.25) is 0 Å². The van der Waals surface area contributed by atoms with E-state index in [9.17, 15) is 4.21 Å². The van der Waals surface area contributed by atoms with Gasteiger partial charge in [0.25, 0.3) is 0 Å². The van der Waals surface area contributed by atoms with Gasteiger partial charge in [0.05, 0.1) is 37.4 Å². The molecule has 1 unspecified atom stereocenters. The molecule has 2 aromatic carbocycles. The van der Waals surface area contributed by atoms with E-state index >= 15 is 0 Å². The summed E-state index contributed by atoms with van der Waals surface area (Å²) < 4.78 is 18.5. The third-order valence-corrected chi connectivity index (χ3v) is 7.10. The van der Waals surface area contributed by atoms with Gasteiger partial charge in [-0.1, -0.05) is 43.6 Å². The maximum absolute atomic E-state index is 13.9. The quantitative estimate of drug-likeness (QED) is 0.414. The average Bonchev–Trinajstić information content (AvgIpc) is 2.61. The van der Waals surface area contributed by atoms with Gasteiger partial charge in [-0.15, -0.1) is 0 Å². The summed E-state index contributed by atoms with van der Waals surface area (Å²) in [6.45, 7) is 8.95. The number of rotatable bonds is 7. The summed E-state index contributed by atoms with van der Waals surface area (Å²) in [7, 11) is -0.696. The van der Waals surface area contributed by atoms with Gasteiger partial charge in [0, 0.05) is 19.3 Å². The van der Waals surface area contributed by atoms with Crippen LogP contribution < -0.4 is 0 Å². The highest BCUT2D eigenvalue weighted by atomic mass is 35.5. The first kappa shape index (κ1) is 21.5. The van der Waals surface area contributed by atoms with Crippen molar-refractivity contribution in [3.63, 3.8) is 0 Å². The lowest BCUT2D eigenvalue weighted by Crippen LogP contribution is -2.14. The molecule has 2 aromatic rings. The lowest BCUT2D eigenvalue weighted by atomic mass is 10.2. The summed E-state index contributed by atoms with van der Waals surface area (Å²) in [5.41, 5.74) is 2.27. The molecule has 0 radical (unpaired) electrons. The van der Waals surface area contributed by atoms with Crippen molar-refractivity contribution >= 4 is 39.0 Å². The number of benzene rings is 2. The van der Waals surface area contributed by atoms with Crippen LogP contribution in [0.2, 0.25) is 5.02 Å². The Bertz CT molecular complexity index is 917. The molecule has 0 spiro atoms. The van der Waals surface area contributed by atoms with Crippen molar-refractivity contribution in [2.24, 2.45) is 15.3 Å². The Hall–Kier alpha value is -1.85. The Kier molecular flexibility index (Phi) is 7.45. The van der Waals surface area contributed by atoms with E-state index in [1.807, 2.05) is 62.2 Å². The highest BCUT2D eigenvalue weighted by Crippen LogP contribution is 2.33. The Morgan fingerprint density at radius 2 is 1.89 bits per heavy atom. The minimum absolute atomic E-state index is 0.235. The minimum Gasteiger partial charge on any atom is -0.366 e. The van der Waals surface area contributed by atoms with Crippen molar-refractivity contribution in [2.45, 2.75) is 32.6 Å². The van der Waals surface area contributed by atoms with Crippen LogP contribution in [0.1, 0.15) is 26.3 Å². The summed E-state index contributed by atoms with van der Waals surface area (Å²) in [6.07, 6.45) is 1.75. The van der Waals surface area contributed by atoms with Crippen molar-refractivity contribution in [1.29, 1.82) is 0 Å². The summed E-state index contributed by atoms with van der Waals surface area (Å²) in [5.74, 6) is 0.708. The fraction of sp³-hybridized carbons (Fsp3) is 0.381. The summed E-state index contributed by atoms with van der Waals surface area (Å²) in [5, 5.41) is 0.482. The molecule has 146 valence electrons. The molecule has 0 saturated heterocycles. The number of aliphatic imine (C=N–C) groups is 1. The molecule has 0 bridgehead atoms. The van der Waals surface area contributed by atoms with Crippen LogP contribution in [0, 0.1) is 12.8 Å². The SMILES string of the molecule is CCN(C)C=Nc1cc(C)c(S(=O)(CC(C)C)=Nc2ccccc2)cc1Cl. The maximum atomic E-state index is 13.9. The van der Waals surface area contributed by atoms with E-state index in [0.29, 0.717) is 27.0 Å². The van der Waals surface area contributed by atoms with Gasteiger partial charge in [0.15, 0.2) is 0 Å². The number of hydrogen-bond donors (Lipinski definition) is 0. The molecule has 4 nitrogen and oxygen atoms in total. The predicted molar refractivity (Wildman–Crippen MR) is 117 cm³/mol. The van der Waals surface area contributed by atoms with Crippen LogP contribution in [0.25, 0.3) is 0 Å². The molecule has 0 aromatic heterocycles. The fourth-order valence-electron chi connectivity index (χ4n) is 2.62. The zero-order chi connectivity index (χ0) is 20.0. The molecule has 0 amide bonds. The molecule has 6 heteroatoms. The maximum Gasteiger partial charge on any atom is 0.0910 e. The lowest BCUT2D eigenvalue weighted by molar-refractivity contribution is 0.552. The number of aryl methyl sites for hydroxylation is 1. The summed E-state index contributed by atoms with van der Waals surface area (Å²) in [6, 6.07) is 13.1. The van der Waals surface area contributed by atoms with Crippen LogP contribution in [0.15, 0.2) is 56.7 Å².